The maximum Gasteiger partial charge on any atom is 0.118 e. The van der Waals surface area contributed by atoms with Crippen molar-refractivity contribution < 1.29 is 10.0 Å². The molecule has 0 saturated carbocycles. The van der Waals surface area contributed by atoms with Gasteiger partial charge in [-0.2, -0.15) is 0 Å². The summed E-state index contributed by atoms with van der Waals surface area (Å²) in [7, 11) is 2.17. The van der Waals surface area contributed by atoms with Gasteiger partial charge in [-0.05, 0) is 20.3 Å². The van der Waals surface area contributed by atoms with Crippen LogP contribution >= 0.6 is 0 Å². The van der Waals surface area contributed by atoms with E-state index in [1.165, 1.54) is 11.4 Å². The van der Waals surface area contributed by atoms with E-state index in [2.05, 4.69) is 27.8 Å². The Bertz CT molecular complexity index is 130. The zero-order valence-electron chi connectivity index (χ0n) is 8.02. The molecule has 3 atom stereocenters. The van der Waals surface area contributed by atoms with Gasteiger partial charge in [0.2, 0.25) is 0 Å². The van der Waals surface area contributed by atoms with Gasteiger partial charge in [0.15, 0.2) is 0 Å². The minimum Gasteiger partial charge on any atom is -0.387 e. The SMILES string of the molecule is C[C@@H]1C[C@H](O)C(C)(C)[NH+](C)C1. The number of aliphatic hydroxyl groups excluding tert-OH is 1. The van der Waals surface area contributed by atoms with Crippen molar-refractivity contribution in [2.75, 3.05) is 13.6 Å². The van der Waals surface area contributed by atoms with E-state index in [9.17, 15) is 5.11 Å². The molecule has 0 amide bonds. The molecule has 1 rings (SSSR count). The van der Waals surface area contributed by atoms with E-state index in [1.54, 1.807) is 0 Å². The van der Waals surface area contributed by atoms with Crippen molar-refractivity contribution in [2.45, 2.75) is 38.8 Å². The molecule has 0 radical (unpaired) electrons. The van der Waals surface area contributed by atoms with Crippen LogP contribution in [0.15, 0.2) is 0 Å². The van der Waals surface area contributed by atoms with Crippen LogP contribution in [0.5, 0.6) is 0 Å². The number of likely N-dealkylation sites (N-methyl/N-ethyl adjacent to an activating group) is 1. The van der Waals surface area contributed by atoms with Crippen molar-refractivity contribution in [1.29, 1.82) is 0 Å². The highest BCUT2D eigenvalue weighted by Crippen LogP contribution is 2.17. The first-order valence-electron chi connectivity index (χ1n) is 4.45. The van der Waals surface area contributed by atoms with Gasteiger partial charge in [0.05, 0.1) is 13.6 Å². The molecule has 2 nitrogen and oxygen atoms in total. The standard InChI is InChI=1S/C9H19NO/c1-7-5-8(11)9(2,3)10(4)6-7/h7-8,11H,5-6H2,1-4H3/p+1/t7-,8+/m1/s1. The third-order valence-electron chi connectivity index (χ3n) is 3.21. The molecule has 2 heteroatoms. The Labute approximate surface area is 69.2 Å². The average molecular weight is 158 g/mol. The molecule has 0 aromatic carbocycles. The molecule has 1 aliphatic heterocycles. The fourth-order valence-electron chi connectivity index (χ4n) is 1.83. The van der Waals surface area contributed by atoms with Crippen molar-refractivity contribution in [3.8, 4) is 0 Å². The topological polar surface area (TPSA) is 24.7 Å². The number of likely N-dealkylation sites (tertiary alicyclic amines) is 1. The second-order valence-corrected chi connectivity index (χ2v) is 4.56. The lowest BCUT2D eigenvalue weighted by molar-refractivity contribution is -0.943. The van der Waals surface area contributed by atoms with Crippen LogP contribution in [0, 0.1) is 5.92 Å². The normalized spacial score (nSPS) is 43.9. The van der Waals surface area contributed by atoms with E-state index in [0.29, 0.717) is 5.92 Å². The highest BCUT2D eigenvalue weighted by atomic mass is 16.3. The van der Waals surface area contributed by atoms with Crippen molar-refractivity contribution in [3.05, 3.63) is 0 Å². The summed E-state index contributed by atoms with van der Waals surface area (Å²) in [6.07, 6.45) is 0.830. The number of hydrogen-bond acceptors (Lipinski definition) is 1. The van der Waals surface area contributed by atoms with Gasteiger partial charge in [-0.25, -0.2) is 0 Å². The maximum absolute atomic E-state index is 9.76. The van der Waals surface area contributed by atoms with Gasteiger partial charge >= 0.3 is 0 Å². The van der Waals surface area contributed by atoms with Crippen LogP contribution in [0.1, 0.15) is 27.2 Å². The summed E-state index contributed by atoms with van der Waals surface area (Å²) in [6, 6.07) is 0. The van der Waals surface area contributed by atoms with Crippen molar-refractivity contribution in [1.82, 2.24) is 0 Å². The molecule has 1 fully saturated rings. The third-order valence-corrected chi connectivity index (χ3v) is 3.21. The largest absolute Gasteiger partial charge is 0.387 e. The number of rotatable bonds is 0. The third kappa shape index (κ3) is 1.57. The Kier molecular flexibility index (Phi) is 2.26. The Morgan fingerprint density at radius 2 is 2.00 bits per heavy atom. The zero-order valence-corrected chi connectivity index (χ0v) is 8.02. The van der Waals surface area contributed by atoms with Crippen molar-refractivity contribution in [2.24, 2.45) is 5.92 Å². The van der Waals surface area contributed by atoms with Crippen LogP contribution in [0.4, 0.5) is 0 Å². The van der Waals surface area contributed by atoms with E-state index in [0.717, 1.165) is 6.42 Å². The summed E-state index contributed by atoms with van der Waals surface area (Å²) >= 11 is 0. The molecule has 2 N–H and O–H groups in total. The van der Waals surface area contributed by atoms with E-state index in [4.69, 9.17) is 0 Å². The van der Waals surface area contributed by atoms with Gasteiger partial charge in [0.25, 0.3) is 0 Å². The van der Waals surface area contributed by atoms with E-state index in [1.807, 2.05) is 0 Å². The van der Waals surface area contributed by atoms with Gasteiger partial charge in [0, 0.05) is 5.92 Å². The predicted molar refractivity (Wildman–Crippen MR) is 45.6 cm³/mol. The van der Waals surface area contributed by atoms with Gasteiger partial charge < -0.3 is 10.0 Å². The van der Waals surface area contributed by atoms with E-state index >= 15 is 0 Å². The minimum absolute atomic E-state index is 0.0481. The molecule has 0 bridgehead atoms. The van der Waals surface area contributed by atoms with Crippen molar-refractivity contribution in [3.63, 3.8) is 0 Å². The fourth-order valence-corrected chi connectivity index (χ4v) is 1.83. The molecule has 0 aliphatic carbocycles. The van der Waals surface area contributed by atoms with Crippen LogP contribution in [0.25, 0.3) is 0 Å². The Balaban J connectivity index is 2.67. The first-order chi connectivity index (χ1) is 4.94. The quantitative estimate of drug-likeness (QED) is 0.496. The first-order valence-corrected chi connectivity index (χ1v) is 4.45. The lowest BCUT2D eigenvalue weighted by atomic mass is 9.83. The van der Waals surface area contributed by atoms with Gasteiger partial charge in [0.1, 0.15) is 11.6 Å². The van der Waals surface area contributed by atoms with Gasteiger partial charge in [-0.15, -0.1) is 0 Å². The highest BCUT2D eigenvalue weighted by Gasteiger charge is 2.41. The van der Waals surface area contributed by atoms with Crippen LogP contribution in [-0.2, 0) is 0 Å². The summed E-state index contributed by atoms with van der Waals surface area (Å²) in [5.74, 6) is 0.665. The number of nitrogens with one attached hydrogen (secondary N) is 1. The number of aliphatic hydroxyl groups is 1. The molecule has 1 saturated heterocycles. The number of piperidine rings is 1. The predicted octanol–water partition coefficient (Wildman–Crippen LogP) is -0.320. The van der Waals surface area contributed by atoms with Crippen LogP contribution in [0.2, 0.25) is 0 Å². The minimum atomic E-state index is -0.133. The first kappa shape index (κ1) is 9.01. The van der Waals surface area contributed by atoms with Crippen molar-refractivity contribution >= 4 is 0 Å². The molecular formula is C9H20NO+. The molecule has 1 aliphatic rings. The maximum atomic E-state index is 9.76. The molecule has 1 heterocycles. The molecular weight excluding hydrogens is 138 g/mol. The highest BCUT2D eigenvalue weighted by molar-refractivity contribution is 4.81. The molecule has 66 valence electrons. The molecule has 0 spiro atoms. The molecule has 1 unspecified atom stereocenters. The monoisotopic (exact) mass is 158 g/mol. The van der Waals surface area contributed by atoms with Gasteiger partial charge in [-0.1, -0.05) is 6.92 Å². The number of quaternary nitrogens is 1. The van der Waals surface area contributed by atoms with Crippen LogP contribution in [0.3, 0.4) is 0 Å². The summed E-state index contributed by atoms with van der Waals surface area (Å²) in [5.41, 5.74) is 0.0481. The van der Waals surface area contributed by atoms with Gasteiger partial charge in [-0.3, -0.25) is 0 Å². The summed E-state index contributed by atoms with van der Waals surface area (Å²) in [4.78, 5) is 1.45. The second kappa shape index (κ2) is 2.76. The summed E-state index contributed by atoms with van der Waals surface area (Å²) < 4.78 is 0. The van der Waals surface area contributed by atoms with Crippen LogP contribution in [-0.4, -0.2) is 30.3 Å². The average Bonchev–Trinajstić information content (AvgIpc) is 1.84. The lowest BCUT2D eigenvalue weighted by Gasteiger charge is -2.42. The Morgan fingerprint density at radius 3 is 2.45 bits per heavy atom. The van der Waals surface area contributed by atoms with E-state index < -0.39 is 0 Å². The smallest absolute Gasteiger partial charge is 0.118 e. The second-order valence-electron chi connectivity index (χ2n) is 4.56. The zero-order chi connectivity index (χ0) is 8.65. The summed E-state index contributed by atoms with van der Waals surface area (Å²) in [6.45, 7) is 7.67. The number of hydrogen-bond donors (Lipinski definition) is 2. The lowest BCUT2D eigenvalue weighted by Crippen LogP contribution is -3.20. The molecule has 0 aromatic rings. The fraction of sp³-hybridized carbons (Fsp3) is 1.00. The summed E-state index contributed by atoms with van der Waals surface area (Å²) in [5, 5.41) is 9.76. The Morgan fingerprint density at radius 1 is 1.45 bits per heavy atom. The molecule has 11 heavy (non-hydrogen) atoms. The Hall–Kier alpha value is -0.0800. The van der Waals surface area contributed by atoms with E-state index in [-0.39, 0.29) is 11.6 Å². The van der Waals surface area contributed by atoms with Crippen LogP contribution < -0.4 is 4.90 Å². The molecule has 0 aromatic heterocycles.